The van der Waals surface area contributed by atoms with E-state index in [1.54, 1.807) is 12.1 Å². The van der Waals surface area contributed by atoms with Crippen LogP contribution in [0, 0.1) is 5.82 Å². The Labute approximate surface area is 119 Å². The van der Waals surface area contributed by atoms with Gasteiger partial charge in [0.15, 0.2) is 11.6 Å². The van der Waals surface area contributed by atoms with Gasteiger partial charge in [0.1, 0.15) is 6.61 Å². The Morgan fingerprint density at radius 2 is 2.05 bits per heavy atom. The molecule has 20 heavy (non-hydrogen) atoms. The summed E-state index contributed by atoms with van der Waals surface area (Å²) >= 11 is 0. The van der Waals surface area contributed by atoms with Gasteiger partial charge in [-0.1, -0.05) is 25.3 Å². The average Bonchev–Trinajstić information content (AvgIpc) is 2.82. The summed E-state index contributed by atoms with van der Waals surface area (Å²) in [6.45, 7) is 0.382. The molecule has 1 aliphatic carbocycles. The number of hydrogen-bond donors (Lipinski definition) is 1. The maximum absolute atomic E-state index is 13.6. The molecule has 1 aliphatic heterocycles. The fraction of sp³-hybridized carbons (Fsp3) is 0.625. The number of para-hydroxylation sites is 1. The number of hydrogen-bond acceptors (Lipinski definition) is 3. The number of nitrogen functional groups attached to an aromatic ring is 1. The monoisotopic (exact) mass is 279 g/mol. The van der Waals surface area contributed by atoms with Crippen LogP contribution >= 0.6 is 0 Å². The highest BCUT2D eigenvalue weighted by Gasteiger charge is 2.41. The number of benzene rings is 1. The zero-order valence-corrected chi connectivity index (χ0v) is 11.7. The molecule has 0 bridgehead atoms. The molecule has 0 amide bonds. The van der Waals surface area contributed by atoms with Gasteiger partial charge in [0.25, 0.3) is 0 Å². The number of anilines is 1. The third-order valence-corrected chi connectivity index (χ3v) is 4.51. The second kappa shape index (κ2) is 5.60. The standard InChI is InChI=1S/C16H22FNO2/c17-13-5-4-6-14(18)15(13)19-11-12-7-10-16(20-12)8-2-1-3-9-16/h4-6,12H,1-3,7-11,18H2. The highest BCUT2D eigenvalue weighted by molar-refractivity contribution is 5.52. The number of halogens is 1. The molecule has 1 aromatic rings. The van der Waals surface area contributed by atoms with E-state index in [0.29, 0.717) is 12.3 Å². The first-order valence-electron chi connectivity index (χ1n) is 7.53. The molecule has 3 rings (SSSR count). The van der Waals surface area contributed by atoms with Gasteiger partial charge in [-0.05, 0) is 37.8 Å². The lowest BCUT2D eigenvalue weighted by Crippen LogP contribution is -2.33. The molecule has 2 fully saturated rings. The molecule has 1 unspecified atom stereocenters. The molecule has 0 aromatic heterocycles. The molecule has 3 nitrogen and oxygen atoms in total. The minimum absolute atomic E-state index is 0.0621. The van der Waals surface area contributed by atoms with Crippen molar-refractivity contribution in [2.75, 3.05) is 12.3 Å². The zero-order valence-electron chi connectivity index (χ0n) is 11.7. The summed E-state index contributed by atoms with van der Waals surface area (Å²) < 4.78 is 25.4. The Kier molecular flexibility index (Phi) is 3.83. The van der Waals surface area contributed by atoms with Crippen LogP contribution in [0.2, 0.25) is 0 Å². The van der Waals surface area contributed by atoms with Gasteiger partial charge in [0.2, 0.25) is 0 Å². The second-order valence-electron chi connectivity index (χ2n) is 5.99. The average molecular weight is 279 g/mol. The van der Waals surface area contributed by atoms with Gasteiger partial charge in [0.05, 0.1) is 17.4 Å². The van der Waals surface area contributed by atoms with E-state index in [2.05, 4.69) is 0 Å². The van der Waals surface area contributed by atoms with Crippen molar-refractivity contribution in [1.82, 2.24) is 0 Å². The lowest BCUT2D eigenvalue weighted by atomic mass is 9.83. The molecule has 4 heteroatoms. The third-order valence-electron chi connectivity index (χ3n) is 4.51. The van der Waals surface area contributed by atoms with E-state index in [4.69, 9.17) is 15.2 Å². The summed E-state index contributed by atoms with van der Waals surface area (Å²) in [5, 5.41) is 0. The fourth-order valence-electron chi connectivity index (χ4n) is 3.43. The van der Waals surface area contributed by atoms with Crippen molar-refractivity contribution in [3.05, 3.63) is 24.0 Å². The summed E-state index contributed by atoms with van der Waals surface area (Å²) in [4.78, 5) is 0. The maximum atomic E-state index is 13.6. The van der Waals surface area contributed by atoms with E-state index in [0.717, 1.165) is 25.7 Å². The Hall–Kier alpha value is -1.29. The van der Waals surface area contributed by atoms with Gasteiger partial charge in [-0.15, -0.1) is 0 Å². The molecule has 1 aromatic carbocycles. The molecule has 2 aliphatic rings. The normalized spacial score (nSPS) is 24.9. The molecule has 1 spiro atoms. The Bertz CT molecular complexity index is 451. The van der Waals surface area contributed by atoms with Crippen molar-refractivity contribution in [3.8, 4) is 5.75 Å². The van der Waals surface area contributed by atoms with Gasteiger partial charge in [-0.3, -0.25) is 0 Å². The van der Waals surface area contributed by atoms with Crippen LogP contribution in [0.4, 0.5) is 10.1 Å². The smallest absolute Gasteiger partial charge is 0.177 e. The Morgan fingerprint density at radius 1 is 1.25 bits per heavy atom. The SMILES string of the molecule is Nc1cccc(F)c1OCC1CCC2(CCCCC2)O1. The van der Waals surface area contributed by atoms with Crippen LogP contribution in [0.25, 0.3) is 0 Å². The van der Waals surface area contributed by atoms with Crippen molar-refractivity contribution >= 4 is 5.69 Å². The van der Waals surface area contributed by atoms with E-state index in [9.17, 15) is 4.39 Å². The molecular weight excluding hydrogens is 257 g/mol. The first kappa shape index (κ1) is 13.7. The summed E-state index contributed by atoms with van der Waals surface area (Å²) in [6, 6.07) is 4.60. The van der Waals surface area contributed by atoms with Crippen molar-refractivity contribution in [3.63, 3.8) is 0 Å². The molecule has 1 heterocycles. The number of nitrogens with two attached hydrogens (primary N) is 1. The van der Waals surface area contributed by atoms with E-state index in [1.165, 1.54) is 25.3 Å². The molecule has 2 N–H and O–H groups in total. The van der Waals surface area contributed by atoms with Crippen molar-refractivity contribution in [2.24, 2.45) is 0 Å². The zero-order chi connectivity index (χ0) is 14.0. The molecule has 0 radical (unpaired) electrons. The van der Waals surface area contributed by atoms with Crippen molar-refractivity contribution in [2.45, 2.75) is 56.7 Å². The highest BCUT2D eigenvalue weighted by Crippen LogP contribution is 2.42. The highest BCUT2D eigenvalue weighted by atomic mass is 19.1. The largest absolute Gasteiger partial charge is 0.486 e. The van der Waals surface area contributed by atoms with Crippen LogP contribution in [-0.2, 0) is 4.74 Å². The van der Waals surface area contributed by atoms with Gasteiger partial charge < -0.3 is 15.2 Å². The predicted molar refractivity (Wildman–Crippen MR) is 76.2 cm³/mol. The van der Waals surface area contributed by atoms with Gasteiger partial charge in [-0.25, -0.2) is 4.39 Å². The van der Waals surface area contributed by atoms with Crippen LogP contribution in [0.15, 0.2) is 18.2 Å². The summed E-state index contributed by atoms with van der Waals surface area (Å²) in [5.41, 5.74) is 6.16. The molecule has 1 saturated heterocycles. The molecule has 1 atom stereocenters. The third kappa shape index (κ3) is 2.75. The predicted octanol–water partition coefficient (Wildman–Crippen LogP) is 3.67. The van der Waals surface area contributed by atoms with Crippen LogP contribution in [0.1, 0.15) is 44.9 Å². The quantitative estimate of drug-likeness (QED) is 0.859. The van der Waals surface area contributed by atoms with Gasteiger partial charge in [-0.2, -0.15) is 0 Å². The van der Waals surface area contributed by atoms with Crippen molar-refractivity contribution < 1.29 is 13.9 Å². The molecular formula is C16H22FNO2. The van der Waals surface area contributed by atoms with Crippen LogP contribution < -0.4 is 10.5 Å². The lowest BCUT2D eigenvalue weighted by Gasteiger charge is -2.33. The summed E-state index contributed by atoms with van der Waals surface area (Å²) in [5.74, 6) is -0.254. The van der Waals surface area contributed by atoms with Gasteiger partial charge in [0, 0.05) is 0 Å². The molecule has 110 valence electrons. The van der Waals surface area contributed by atoms with Gasteiger partial charge >= 0.3 is 0 Å². The lowest BCUT2D eigenvalue weighted by molar-refractivity contribution is -0.0750. The van der Waals surface area contributed by atoms with Crippen LogP contribution in [0.5, 0.6) is 5.75 Å². The second-order valence-corrected chi connectivity index (χ2v) is 5.99. The maximum Gasteiger partial charge on any atom is 0.177 e. The first-order valence-corrected chi connectivity index (χ1v) is 7.53. The number of ether oxygens (including phenoxy) is 2. The van der Waals surface area contributed by atoms with Crippen molar-refractivity contribution in [1.29, 1.82) is 0 Å². The Balaban J connectivity index is 1.57. The van der Waals surface area contributed by atoms with Crippen LogP contribution in [0.3, 0.4) is 0 Å². The fourth-order valence-corrected chi connectivity index (χ4v) is 3.43. The van der Waals surface area contributed by atoms with E-state index < -0.39 is 5.82 Å². The summed E-state index contributed by atoms with van der Waals surface area (Å²) in [6.07, 6.45) is 8.31. The van der Waals surface area contributed by atoms with E-state index >= 15 is 0 Å². The van der Waals surface area contributed by atoms with Crippen LogP contribution in [-0.4, -0.2) is 18.3 Å². The van der Waals surface area contributed by atoms with E-state index in [1.807, 2.05) is 0 Å². The number of rotatable bonds is 3. The first-order chi connectivity index (χ1) is 9.69. The topological polar surface area (TPSA) is 44.5 Å². The molecule has 1 saturated carbocycles. The Morgan fingerprint density at radius 3 is 2.80 bits per heavy atom. The summed E-state index contributed by atoms with van der Waals surface area (Å²) in [7, 11) is 0. The minimum Gasteiger partial charge on any atom is -0.486 e. The van der Waals surface area contributed by atoms with E-state index in [-0.39, 0.29) is 17.5 Å². The minimum atomic E-state index is -0.407.